The average Bonchev–Trinajstić information content (AvgIpc) is 3.33. The fourth-order valence-electron chi connectivity index (χ4n) is 3.63. The molecule has 0 aliphatic heterocycles. The number of hydrogen-bond donors (Lipinski definition) is 3. The number of carbonyl (C=O) groups excluding carboxylic acids is 1. The fourth-order valence-corrected chi connectivity index (χ4v) is 4.44. The molecule has 0 aliphatic carbocycles. The Balaban J connectivity index is 1.35. The molecule has 0 fully saturated rings. The van der Waals surface area contributed by atoms with Crippen LogP contribution in [0.1, 0.15) is 15.9 Å². The third kappa shape index (κ3) is 5.46. The normalized spacial score (nSPS) is 11.5. The number of fused-ring (bicyclic) bond motifs is 2. The van der Waals surface area contributed by atoms with Crippen molar-refractivity contribution in [3.8, 4) is 5.19 Å². The van der Waals surface area contributed by atoms with Crippen molar-refractivity contribution in [3.05, 3.63) is 102 Å². The number of pyridine rings is 1. The summed E-state index contributed by atoms with van der Waals surface area (Å²) in [6.45, 7) is 0.872. The molecular weight excluding hydrogens is 460 g/mol. The number of hydrogen-bond acceptors (Lipinski definition) is 7. The van der Waals surface area contributed by atoms with Gasteiger partial charge in [-0.15, -0.1) is 0 Å². The van der Waals surface area contributed by atoms with E-state index >= 15 is 0 Å². The van der Waals surface area contributed by atoms with Gasteiger partial charge in [0.25, 0.3) is 11.1 Å². The smallest absolute Gasteiger partial charge is 0.274 e. The first kappa shape index (κ1) is 22.5. The minimum absolute atomic E-state index is 0.340. The summed E-state index contributed by atoms with van der Waals surface area (Å²) in [7, 11) is 0. The maximum Gasteiger partial charge on any atom is 0.274 e. The molecule has 0 saturated carbocycles. The number of nitrogens with one attached hydrogen (secondary N) is 2. The fraction of sp³-hybridized carbons (Fsp3) is 0.0741. The molecule has 0 atom stereocenters. The molecule has 35 heavy (non-hydrogen) atoms. The van der Waals surface area contributed by atoms with Crippen LogP contribution < -0.4 is 15.5 Å². The lowest BCUT2D eigenvalue weighted by Crippen LogP contribution is -2.18. The predicted octanol–water partition coefficient (Wildman–Crippen LogP) is 5.54. The van der Waals surface area contributed by atoms with Gasteiger partial charge in [-0.25, -0.2) is 10.5 Å². The lowest BCUT2D eigenvalue weighted by Gasteiger charge is -2.12. The third-order valence-corrected chi connectivity index (χ3v) is 6.36. The molecule has 0 saturated heterocycles. The van der Waals surface area contributed by atoms with E-state index in [9.17, 15) is 4.79 Å². The first-order valence-corrected chi connectivity index (χ1v) is 11.8. The number of ether oxygens (including phenoxy) is 1. The van der Waals surface area contributed by atoms with Crippen molar-refractivity contribution in [3.63, 3.8) is 0 Å². The molecule has 8 heteroatoms. The Morgan fingerprint density at radius 3 is 2.57 bits per heavy atom. The van der Waals surface area contributed by atoms with Crippen molar-refractivity contribution in [2.75, 3.05) is 18.5 Å². The van der Waals surface area contributed by atoms with Crippen molar-refractivity contribution in [1.29, 1.82) is 0 Å². The molecule has 3 aromatic carbocycles. The van der Waals surface area contributed by atoms with Crippen molar-refractivity contribution >= 4 is 50.1 Å². The quantitative estimate of drug-likeness (QED) is 0.199. The second-order valence-electron chi connectivity index (χ2n) is 7.87. The Bertz CT molecular complexity index is 1480. The van der Waals surface area contributed by atoms with E-state index in [1.165, 1.54) is 11.3 Å². The number of benzene rings is 3. The maximum atomic E-state index is 11.6. The molecule has 2 aromatic heterocycles. The predicted molar refractivity (Wildman–Crippen MR) is 139 cm³/mol. The Labute approximate surface area is 205 Å². The zero-order valence-corrected chi connectivity index (χ0v) is 19.5. The van der Waals surface area contributed by atoms with Crippen molar-refractivity contribution in [2.24, 2.45) is 0 Å². The number of para-hydroxylation sites is 2. The van der Waals surface area contributed by atoms with Gasteiger partial charge < -0.3 is 10.1 Å². The molecule has 2 heterocycles. The highest BCUT2D eigenvalue weighted by Crippen LogP contribution is 2.27. The highest BCUT2D eigenvalue weighted by atomic mass is 32.1. The molecule has 7 nitrogen and oxygen atoms in total. The van der Waals surface area contributed by atoms with Crippen LogP contribution in [0.25, 0.3) is 27.2 Å². The molecule has 5 aromatic rings. The highest BCUT2D eigenvalue weighted by Gasteiger charge is 2.08. The molecule has 3 N–H and O–H groups in total. The van der Waals surface area contributed by atoms with Gasteiger partial charge in [-0.1, -0.05) is 59.9 Å². The number of nitrogens with zero attached hydrogens (tertiary/aromatic N) is 2. The summed E-state index contributed by atoms with van der Waals surface area (Å²) in [5.41, 5.74) is 6.67. The first-order chi connectivity index (χ1) is 17.2. The standard InChI is InChI=1S/C27H22N4O3S/c32-26(31-33)20-11-9-18(10-12-20)13-19(17-34-27-30-24-7-3-4-8-25(24)35-27)15-28-22-14-21-5-1-2-6-23(21)29-16-22/h1-14,16,28,33H,15,17H2,(H,31,32)/b19-13-. The summed E-state index contributed by atoms with van der Waals surface area (Å²) in [5, 5.41) is 13.9. The first-order valence-electron chi connectivity index (χ1n) is 11.0. The Morgan fingerprint density at radius 1 is 1.00 bits per heavy atom. The zero-order chi connectivity index (χ0) is 24.0. The number of aromatic nitrogens is 2. The second-order valence-corrected chi connectivity index (χ2v) is 8.87. The van der Waals surface area contributed by atoms with Gasteiger partial charge in [-0.3, -0.25) is 15.0 Å². The SMILES string of the molecule is O=C(NO)c1ccc(/C=C(/CNc2cnc3ccccc3c2)COc2nc3ccccc3s2)cc1. The molecule has 0 unspecified atom stereocenters. The van der Waals surface area contributed by atoms with Gasteiger partial charge in [0, 0.05) is 17.5 Å². The Morgan fingerprint density at radius 2 is 1.77 bits per heavy atom. The Hall–Kier alpha value is -4.27. The summed E-state index contributed by atoms with van der Waals surface area (Å²) in [5.74, 6) is -0.551. The number of amides is 1. The largest absolute Gasteiger partial charge is 0.465 e. The van der Waals surface area contributed by atoms with E-state index in [1.807, 2.05) is 72.9 Å². The molecule has 174 valence electrons. The van der Waals surface area contributed by atoms with Crippen molar-refractivity contribution in [1.82, 2.24) is 15.4 Å². The van der Waals surface area contributed by atoms with Crippen LogP contribution in [0.2, 0.25) is 0 Å². The number of anilines is 1. The van der Waals surface area contributed by atoms with Gasteiger partial charge in [-0.2, -0.15) is 0 Å². The van der Waals surface area contributed by atoms with Crippen LogP contribution in [-0.4, -0.2) is 34.2 Å². The van der Waals surface area contributed by atoms with Gasteiger partial charge in [0.15, 0.2) is 0 Å². The number of thiazole rings is 1. The minimum Gasteiger partial charge on any atom is -0.465 e. The van der Waals surface area contributed by atoms with Crippen LogP contribution in [0.4, 0.5) is 5.69 Å². The second kappa shape index (κ2) is 10.3. The molecule has 5 rings (SSSR count). The van der Waals surface area contributed by atoms with Gasteiger partial charge in [0.05, 0.1) is 27.6 Å². The zero-order valence-electron chi connectivity index (χ0n) is 18.6. The van der Waals surface area contributed by atoms with Gasteiger partial charge in [0.1, 0.15) is 6.61 Å². The number of hydroxylamine groups is 1. The van der Waals surface area contributed by atoms with E-state index in [-0.39, 0.29) is 0 Å². The summed E-state index contributed by atoms with van der Waals surface area (Å²) < 4.78 is 7.12. The summed E-state index contributed by atoms with van der Waals surface area (Å²) in [6, 6.07) is 24.9. The van der Waals surface area contributed by atoms with E-state index in [2.05, 4.69) is 21.4 Å². The maximum absolute atomic E-state index is 11.6. The van der Waals surface area contributed by atoms with E-state index in [0.29, 0.717) is 23.9 Å². The minimum atomic E-state index is -0.551. The average molecular weight is 483 g/mol. The summed E-state index contributed by atoms with van der Waals surface area (Å²) in [6.07, 6.45) is 3.83. The van der Waals surface area contributed by atoms with Crippen molar-refractivity contribution in [2.45, 2.75) is 0 Å². The van der Waals surface area contributed by atoms with E-state index in [1.54, 1.807) is 17.6 Å². The molecule has 0 spiro atoms. The van der Waals surface area contributed by atoms with Crippen LogP contribution in [0, 0.1) is 0 Å². The third-order valence-electron chi connectivity index (χ3n) is 5.41. The number of carbonyl (C=O) groups is 1. The van der Waals surface area contributed by atoms with Crippen LogP contribution in [-0.2, 0) is 0 Å². The lowest BCUT2D eigenvalue weighted by molar-refractivity contribution is 0.0706. The van der Waals surface area contributed by atoms with Crippen LogP contribution >= 0.6 is 11.3 Å². The molecule has 0 aliphatic rings. The number of rotatable bonds is 8. The van der Waals surface area contributed by atoms with Gasteiger partial charge >= 0.3 is 0 Å². The van der Waals surface area contributed by atoms with E-state index in [0.717, 1.165) is 37.9 Å². The van der Waals surface area contributed by atoms with Gasteiger partial charge in [-0.05, 0) is 47.5 Å². The molecule has 1 amide bonds. The monoisotopic (exact) mass is 482 g/mol. The van der Waals surface area contributed by atoms with Crippen LogP contribution in [0.3, 0.4) is 0 Å². The van der Waals surface area contributed by atoms with E-state index in [4.69, 9.17) is 9.94 Å². The van der Waals surface area contributed by atoms with Crippen molar-refractivity contribution < 1.29 is 14.7 Å². The lowest BCUT2D eigenvalue weighted by atomic mass is 10.1. The Kier molecular flexibility index (Phi) is 6.65. The summed E-state index contributed by atoms with van der Waals surface area (Å²) >= 11 is 1.51. The van der Waals surface area contributed by atoms with E-state index < -0.39 is 5.91 Å². The van der Waals surface area contributed by atoms with Crippen LogP contribution in [0.15, 0.2) is 90.6 Å². The topological polar surface area (TPSA) is 96.4 Å². The molecular formula is C27H22N4O3S. The van der Waals surface area contributed by atoms with Crippen LogP contribution in [0.5, 0.6) is 5.19 Å². The highest BCUT2D eigenvalue weighted by molar-refractivity contribution is 7.20. The molecule has 0 bridgehead atoms. The molecule has 0 radical (unpaired) electrons. The van der Waals surface area contributed by atoms with Gasteiger partial charge in [0.2, 0.25) is 0 Å². The summed E-state index contributed by atoms with van der Waals surface area (Å²) in [4.78, 5) is 20.7.